The molecule has 0 rings (SSSR count). The van der Waals surface area contributed by atoms with Gasteiger partial charge in [-0.3, -0.25) is 4.79 Å². The lowest BCUT2D eigenvalue weighted by Gasteiger charge is -2.31. The van der Waals surface area contributed by atoms with Gasteiger partial charge in [0.05, 0.1) is 12.6 Å². The second-order valence-corrected chi connectivity index (χ2v) is 5.27. The molecule has 4 N–H and O–H groups in total. The van der Waals surface area contributed by atoms with Gasteiger partial charge in [0.25, 0.3) is 0 Å². The molecule has 0 spiro atoms. The highest BCUT2D eigenvalue weighted by molar-refractivity contribution is 7.81. The Morgan fingerprint density at radius 3 is 2.19 bits per heavy atom. The third-order valence-corrected chi connectivity index (χ3v) is 2.58. The minimum absolute atomic E-state index is 0.568. The zero-order valence-electron chi connectivity index (χ0n) is 9.54. The molecule has 7 heteroatoms. The van der Waals surface area contributed by atoms with Gasteiger partial charge in [-0.1, -0.05) is 0 Å². The predicted molar refractivity (Wildman–Crippen MR) is 62.3 cm³/mol. The second-order valence-electron chi connectivity index (χ2n) is 4.12. The maximum Gasteiger partial charge on any atom is 0.328 e. The number of carbonyl (C=O) groups is 2. The lowest BCUT2D eigenvalue weighted by atomic mass is 10.0. The zero-order valence-corrected chi connectivity index (χ0v) is 10.4. The van der Waals surface area contributed by atoms with Crippen LogP contribution >= 0.6 is 12.6 Å². The fourth-order valence-corrected chi connectivity index (χ4v) is 1.15. The van der Waals surface area contributed by atoms with Crippen molar-refractivity contribution in [2.24, 2.45) is 5.73 Å². The zero-order chi connectivity index (χ0) is 13.1. The van der Waals surface area contributed by atoms with E-state index in [9.17, 15) is 9.59 Å². The van der Waals surface area contributed by atoms with Gasteiger partial charge in [0.2, 0.25) is 5.91 Å². The molecule has 0 aromatic carbocycles. The van der Waals surface area contributed by atoms with Gasteiger partial charge in [-0.25, -0.2) is 4.79 Å². The summed E-state index contributed by atoms with van der Waals surface area (Å²) in [7, 11) is 1.29. The summed E-state index contributed by atoms with van der Waals surface area (Å²) in [5.74, 6) is -1.84. The first-order chi connectivity index (χ1) is 7.12. The quantitative estimate of drug-likeness (QED) is 0.465. The monoisotopic (exact) mass is 250 g/mol. The summed E-state index contributed by atoms with van der Waals surface area (Å²) in [4.78, 5) is 23.4. The summed E-state index contributed by atoms with van der Waals surface area (Å²) in [5.41, 5.74) is 5.65. The minimum Gasteiger partial charge on any atom is -0.480 e. The summed E-state index contributed by atoms with van der Waals surface area (Å²) < 4.78 is -0.760. The molecular weight excluding hydrogens is 232 g/mol. The van der Waals surface area contributed by atoms with Crippen LogP contribution < -0.4 is 5.73 Å². The number of nitrogens with zero attached hydrogens (tertiary/aromatic N) is 1. The first kappa shape index (κ1) is 15.2. The molecule has 0 aromatic heterocycles. The van der Waals surface area contributed by atoms with Gasteiger partial charge in [0, 0.05) is 11.8 Å². The van der Waals surface area contributed by atoms with Crippen LogP contribution in [0.1, 0.15) is 13.8 Å². The SMILES string of the molecule is CN(C(=O)[C@@H](N)C(C)(C)S)[C@@H](CO)C(=O)O. The van der Waals surface area contributed by atoms with Crippen molar-refractivity contribution in [3.8, 4) is 0 Å². The Kier molecular flexibility index (Phi) is 5.24. The standard InChI is InChI=1S/C9H18N2O4S/c1-9(2,16)6(10)7(13)11(3)5(4-12)8(14)15/h5-6,12,16H,4,10H2,1-3H3,(H,14,15)/t5-,6+/m0/s1. The summed E-state index contributed by atoms with van der Waals surface area (Å²) in [6.07, 6.45) is 0. The number of aliphatic carboxylic acids is 1. The molecule has 0 aliphatic heterocycles. The molecule has 0 radical (unpaired) electrons. The lowest BCUT2D eigenvalue weighted by Crippen LogP contribution is -2.56. The number of carboxylic acid groups (broad SMARTS) is 1. The number of rotatable bonds is 5. The average molecular weight is 250 g/mol. The van der Waals surface area contributed by atoms with Crippen LogP contribution in [0, 0.1) is 0 Å². The second kappa shape index (κ2) is 5.51. The number of carboxylic acids is 1. The third kappa shape index (κ3) is 3.66. The van der Waals surface area contributed by atoms with Crippen LogP contribution in [0.15, 0.2) is 0 Å². The van der Waals surface area contributed by atoms with Crippen molar-refractivity contribution >= 4 is 24.5 Å². The molecule has 0 heterocycles. The molecule has 0 aliphatic rings. The highest BCUT2D eigenvalue weighted by Gasteiger charge is 2.35. The highest BCUT2D eigenvalue weighted by atomic mass is 32.1. The lowest BCUT2D eigenvalue weighted by molar-refractivity contribution is -0.151. The van der Waals surface area contributed by atoms with Crippen LogP contribution in [0.4, 0.5) is 0 Å². The van der Waals surface area contributed by atoms with Crippen molar-refractivity contribution in [2.75, 3.05) is 13.7 Å². The molecule has 2 atom stereocenters. The Morgan fingerprint density at radius 2 is 1.94 bits per heavy atom. The largest absolute Gasteiger partial charge is 0.480 e. The van der Waals surface area contributed by atoms with E-state index in [1.165, 1.54) is 7.05 Å². The molecule has 0 saturated carbocycles. The van der Waals surface area contributed by atoms with Crippen LogP contribution in [0.25, 0.3) is 0 Å². The number of thiol groups is 1. The molecule has 1 amide bonds. The number of hydrogen-bond acceptors (Lipinski definition) is 5. The van der Waals surface area contributed by atoms with E-state index >= 15 is 0 Å². The predicted octanol–water partition coefficient (Wildman–Crippen LogP) is -1.07. The van der Waals surface area contributed by atoms with Gasteiger partial charge < -0.3 is 20.8 Å². The van der Waals surface area contributed by atoms with Gasteiger partial charge in [-0.15, -0.1) is 0 Å². The van der Waals surface area contributed by atoms with Crippen LogP contribution in [0.5, 0.6) is 0 Å². The average Bonchev–Trinajstić information content (AvgIpc) is 2.14. The van der Waals surface area contributed by atoms with E-state index in [1.807, 2.05) is 0 Å². The molecule has 0 bridgehead atoms. The molecule has 0 aliphatic carbocycles. The Labute approximate surface area is 99.8 Å². The maximum atomic E-state index is 11.8. The van der Waals surface area contributed by atoms with Gasteiger partial charge in [0.15, 0.2) is 6.04 Å². The number of amides is 1. The molecule has 94 valence electrons. The van der Waals surface area contributed by atoms with Gasteiger partial charge in [0.1, 0.15) is 0 Å². The molecule has 0 unspecified atom stereocenters. The van der Waals surface area contributed by atoms with E-state index in [4.69, 9.17) is 15.9 Å². The first-order valence-electron chi connectivity index (χ1n) is 4.71. The number of aliphatic hydroxyl groups excluding tert-OH is 1. The Balaban J connectivity index is 4.79. The van der Waals surface area contributed by atoms with E-state index in [1.54, 1.807) is 13.8 Å². The summed E-state index contributed by atoms with van der Waals surface area (Å²) in [5, 5.41) is 17.6. The summed E-state index contributed by atoms with van der Waals surface area (Å²) in [6.45, 7) is 2.65. The smallest absolute Gasteiger partial charge is 0.328 e. The van der Waals surface area contributed by atoms with Crippen molar-refractivity contribution in [1.82, 2.24) is 4.90 Å². The number of aliphatic hydroxyl groups is 1. The first-order valence-corrected chi connectivity index (χ1v) is 5.16. The van der Waals surface area contributed by atoms with E-state index in [0.717, 1.165) is 4.90 Å². The van der Waals surface area contributed by atoms with Gasteiger partial charge >= 0.3 is 5.97 Å². The highest BCUT2D eigenvalue weighted by Crippen LogP contribution is 2.17. The van der Waals surface area contributed by atoms with Gasteiger partial charge in [-0.2, -0.15) is 12.6 Å². The van der Waals surface area contributed by atoms with Crippen LogP contribution in [0.2, 0.25) is 0 Å². The fourth-order valence-electron chi connectivity index (χ4n) is 1.04. The molecule has 0 aromatic rings. The van der Waals surface area contributed by atoms with Crippen molar-refractivity contribution in [3.05, 3.63) is 0 Å². The van der Waals surface area contributed by atoms with Crippen LogP contribution in [0.3, 0.4) is 0 Å². The minimum atomic E-state index is -1.28. The fraction of sp³-hybridized carbons (Fsp3) is 0.778. The third-order valence-electron chi connectivity index (χ3n) is 2.30. The maximum absolute atomic E-state index is 11.8. The molecular formula is C9H18N2O4S. The normalized spacial score (nSPS) is 15.4. The van der Waals surface area contributed by atoms with E-state index in [-0.39, 0.29) is 0 Å². The van der Waals surface area contributed by atoms with Gasteiger partial charge in [-0.05, 0) is 13.8 Å². The summed E-state index contributed by atoms with van der Waals surface area (Å²) in [6, 6.07) is -2.22. The summed E-state index contributed by atoms with van der Waals surface area (Å²) >= 11 is 4.15. The van der Waals surface area contributed by atoms with Crippen molar-refractivity contribution < 1.29 is 19.8 Å². The van der Waals surface area contributed by atoms with E-state index < -0.39 is 35.3 Å². The Hall–Kier alpha value is -0.790. The molecule has 16 heavy (non-hydrogen) atoms. The molecule has 0 fully saturated rings. The van der Waals surface area contributed by atoms with E-state index in [2.05, 4.69) is 12.6 Å². The van der Waals surface area contributed by atoms with E-state index in [0.29, 0.717) is 0 Å². The number of carbonyl (C=O) groups excluding carboxylic acids is 1. The number of hydrogen-bond donors (Lipinski definition) is 4. The van der Waals surface area contributed by atoms with Crippen LogP contribution in [-0.4, -0.2) is 57.5 Å². The number of likely N-dealkylation sites (N-methyl/N-ethyl adjacent to an activating group) is 1. The number of nitrogens with two attached hydrogens (primary N) is 1. The Bertz CT molecular complexity index is 277. The molecule has 0 saturated heterocycles. The van der Waals surface area contributed by atoms with Crippen molar-refractivity contribution in [1.29, 1.82) is 0 Å². The topological polar surface area (TPSA) is 104 Å². The van der Waals surface area contributed by atoms with Crippen LogP contribution in [-0.2, 0) is 9.59 Å². The van der Waals surface area contributed by atoms with Crippen molar-refractivity contribution in [2.45, 2.75) is 30.7 Å². The molecule has 6 nitrogen and oxygen atoms in total. The van der Waals surface area contributed by atoms with Crippen molar-refractivity contribution in [3.63, 3.8) is 0 Å². The Morgan fingerprint density at radius 1 is 1.50 bits per heavy atom.